The van der Waals surface area contributed by atoms with Crippen molar-refractivity contribution >= 4 is 30.0 Å². The van der Waals surface area contributed by atoms with E-state index in [-0.39, 0.29) is 25.5 Å². The number of tetrazole rings is 1. The number of hydrogen-bond donors (Lipinski definition) is 4. The van der Waals surface area contributed by atoms with Crippen molar-refractivity contribution in [2.75, 3.05) is 13.7 Å². The standard InChI is InChI=1S/C22H38N10O6/c1-22(2,3)38-18(33)11-14(12-25-28-21(24)36)26-19(34)16-7-5-6-10-31(16)20(35)15(23)8-9-17-27-29-30-32(17)13-37-4/h12,14-16H,5-11,13,23H2,1-4H3,(H,26,34)(H3,24,28,36)/t14-,15-,16-/m0/s1. The van der Waals surface area contributed by atoms with E-state index in [1.54, 1.807) is 20.8 Å². The van der Waals surface area contributed by atoms with Crippen LogP contribution in [-0.4, -0.2) is 92.5 Å². The highest BCUT2D eigenvalue weighted by atomic mass is 16.6. The zero-order chi connectivity index (χ0) is 28.3. The molecular formula is C22H38N10O6. The maximum absolute atomic E-state index is 13.3. The van der Waals surface area contributed by atoms with Gasteiger partial charge in [-0.3, -0.25) is 14.4 Å². The summed E-state index contributed by atoms with van der Waals surface area (Å²) in [4.78, 5) is 51.3. The first-order valence-corrected chi connectivity index (χ1v) is 12.3. The minimum Gasteiger partial charge on any atom is -0.460 e. The molecular weight excluding hydrogens is 500 g/mol. The van der Waals surface area contributed by atoms with Gasteiger partial charge < -0.3 is 31.2 Å². The van der Waals surface area contributed by atoms with Gasteiger partial charge in [-0.2, -0.15) is 5.10 Å². The van der Waals surface area contributed by atoms with Crippen molar-refractivity contribution in [3.63, 3.8) is 0 Å². The summed E-state index contributed by atoms with van der Waals surface area (Å²) in [7, 11) is 1.51. The SMILES string of the molecule is COCn1nnnc1CC[C@H](N)C(=O)N1CCCC[C@H]1C(=O)N[C@H](C=NNC(N)=O)CC(=O)OC(C)(C)C. The summed E-state index contributed by atoms with van der Waals surface area (Å²) in [6.07, 6.45) is 3.42. The number of hydrogen-bond acceptors (Lipinski definition) is 11. The number of likely N-dealkylation sites (tertiary alicyclic amines) is 1. The molecule has 0 saturated carbocycles. The monoisotopic (exact) mass is 538 g/mol. The van der Waals surface area contributed by atoms with Crippen LogP contribution in [0.4, 0.5) is 4.79 Å². The van der Waals surface area contributed by atoms with Gasteiger partial charge in [-0.15, -0.1) is 5.10 Å². The molecule has 0 aliphatic carbocycles. The zero-order valence-corrected chi connectivity index (χ0v) is 22.3. The third-order valence-electron chi connectivity index (χ3n) is 5.51. The number of nitrogens with two attached hydrogens (primary N) is 2. The number of ether oxygens (including phenoxy) is 2. The fraction of sp³-hybridized carbons (Fsp3) is 0.727. The molecule has 16 heteroatoms. The van der Waals surface area contributed by atoms with Crippen LogP contribution < -0.4 is 22.2 Å². The summed E-state index contributed by atoms with van der Waals surface area (Å²) >= 11 is 0. The zero-order valence-electron chi connectivity index (χ0n) is 22.3. The number of urea groups is 1. The van der Waals surface area contributed by atoms with Gasteiger partial charge in [0.2, 0.25) is 11.8 Å². The van der Waals surface area contributed by atoms with Gasteiger partial charge in [0.15, 0.2) is 5.82 Å². The molecule has 1 aromatic heterocycles. The van der Waals surface area contributed by atoms with E-state index in [0.29, 0.717) is 25.2 Å². The van der Waals surface area contributed by atoms with Crippen LogP contribution in [0.2, 0.25) is 0 Å². The van der Waals surface area contributed by atoms with Crippen molar-refractivity contribution in [3.05, 3.63) is 5.82 Å². The maximum atomic E-state index is 13.3. The molecule has 38 heavy (non-hydrogen) atoms. The summed E-state index contributed by atoms with van der Waals surface area (Å²) < 4.78 is 11.8. The van der Waals surface area contributed by atoms with Crippen molar-refractivity contribution in [1.29, 1.82) is 0 Å². The van der Waals surface area contributed by atoms with E-state index < -0.39 is 41.6 Å². The minimum atomic E-state index is -0.920. The van der Waals surface area contributed by atoms with Gasteiger partial charge in [0.05, 0.1) is 18.5 Å². The van der Waals surface area contributed by atoms with Crippen molar-refractivity contribution in [1.82, 2.24) is 35.8 Å². The summed E-state index contributed by atoms with van der Waals surface area (Å²) in [5.74, 6) is -0.906. The van der Waals surface area contributed by atoms with E-state index in [9.17, 15) is 19.2 Å². The number of nitrogens with one attached hydrogen (secondary N) is 2. The lowest BCUT2D eigenvalue weighted by atomic mass is 9.98. The largest absolute Gasteiger partial charge is 0.460 e. The molecule has 0 spiro atoms. The maximum Gasteiger partial charge on any atom is 0.332 e. The van der Waals surface area contributed by atoms with Crippen LogP contribution >= 0.6 is 0 Å². The Kier molecular flexibility index (Phi) is 11.5. The van der Waals surface area contributed by atoms with Crippen LogP contribution in [0.1, 0.15) is 58.7 Å². The molecule has 0 radical (unpaired) electrons. The highest BCUT2D eigenvalue weighted by Crippen LogP contribution is 2.19. The van der Waals surface area contributed by atoms with E-state index in [2.05, 4.69) is 25.9 Å². The number of carbonyl (C=O) groups excluding carboxylic acids is 4. The van der Waals surface area contributed by atoms with E-state index in [0.717, 1.165) is 12.8 Å². The van der Waals surface area contributed by atoms with Gasteiger partial charge in [-0.1, -0.05) is 0 Å². The topological polar surface area (TPSA) is 222 Å². The second-order valence-electron chi connectivity index (χ2n) is 9.86. The molecule has 1 aliphatic rings. The molecule has 1 fully saturated rings. The van der Waals surface area contributed by atoms with Gasteiger partial charge in [-0.05, 0) is 56.9 Å². The smallest absolute Gasteiger partial charge is 0.332 e. The Morgan fingerprint density at radius 3 is 2.66 bits per heavy atom. The number of hydrazone groups is 1. The van der Waals surface area contributed by atoms with E-state index >= 15 is 0 Å². The summed E-state index contributed by atoms with van der Waals surface area (Å²) in [5.41, 5.74) is 12.5. The number of esters is 1. The highest BCUT2D eigenvalue weighted by Gasteiger charge is 2.35. The normalized spacial score (nSPS) is 17.6. The first-order chi connectivity index (χ1) is 17.9. The number of rotatable bonds is 12. The van der Waals surface area contributed by atoms with Gasteiger partial charge in [0.25, 0.3) is 0 Å². The second-order valence-corrected chi connectivity index (χ2v) is 9.86. The molecule has 4 amide bonds. The summed E-state index contributed by atoms with van der Waals surface area (Å²) in [6, 6.07) is -3.50. The van der Waals surface area contributed by atoms with Crippen LogP contribution in [0.5, 0.6) is 0 Å². The number of primary amides is 1. The third-order valence-corrected chi connectivity index (χ3v) is 5.51. The fourth-order valence-corrected chi connectivity index (χ4v) is 3.89. The van der Waals surface area contributed by atoms with Gasteiger partial charge in [-0.25, -0.2) is 14.9 Å². The van der Waals surface area contributed by atoms with E-state index in [1.807, 2.05) is 5.43 Å². The van der Waals surface area contributed by atoms with Gasteiger partial charge in [0, 0.05) is 26.3 Å². The first-order valence-electron chi connectivity index (χ1n) is 12.3. The highest BCUT2D eigenvalue weighted by molar-refractivity contribution is 5.92. The molecule has 16 nitrogen and oxygen atoms in total. The molecule has 1 aromatic rings. The van der Waals surface area contributed by atoms with Crippen LogP contribution in [-0.2, 0) is 37.0 Å². The molecule has 3 atom stereocenters. The van der Waals surface area contributed by atoms with Crippen molar-refractivity contribution in [2.45, 2.75) is 89.8 Å². The lowest BCUT2D eigenvalue weighted by Crippen LogP contribution is -2.57. The Morgan fingerprint density at radius 2 is 2.00 bits per heavy atom. The van der Waals surface area contributed by atoms with E-state index in [1.165, 1.54) is 22.9 Å². The Bertz CT molecular complexity index is 992. The molecule has 212 valence electrons. The summed E-state index contributed by atoms with van der Waals surface area (Å²) in [6.45, 7) is 5.68. The third kappa shape index (κ3) is 10.0. The predicted molar refractivity (Wildman–Crippen MR) is 134 cm³/mol. The molecule has 0 unspecified atom stereocenters. The number of carbonyl (C=O) groups is 4. The number of aromatic nitrogens is 4. The Morgan fingerprint density at radius 1 is 1.26 bits per heavy atom. The molecule has 0 bridgehead atoms. The van der Waals surface area contributed by atoms with Crippen LogP contribution in [0.15, 0.2) is 5.10 Å². The first kappa shape index (κ1) is 30.6. The average molecular weight is 539 g/mol. The molecule has 1 saturated heterocycles. The van der Waals surface area contributed by atoms with Crippen molar-refractivity contribution in [2.24, 2.45) is 16.6 Å². The van der Waals surface area contributed by atoms with Crippen molar-refractivity contribution in [3.8, 4) is 0 Å². The minimum absolute atomic E-state index is 0.169. The van der Waals surface area contributed by atoms with E-state index in [4.69, 9.17) is 20.9 Å². The lowest BCUT2D eigenvalue weighted by molar-refractivity contribution is -0.155. The quantitative estimate of drug-likeness (QED) is 0.141. The average Bonchev–Trinajstić information content (AvgIpc) is 3.27. The predicted octanol–water partition coefficient (Wildman–Crippen LogP) is -1.21. The number of piperidine rings is 1. The van der Waals surface area contributed by atoms with Gasteiger partial charge >= 0.3 is 12.0 Å². The lowest BCUT2D eigenvalue weighted by Gasteiger charge is -2.36. The van der Waals surface area contributed by atoms with Crippen LogP contribution in [0, 0.1) is 0 Å². The number of aryl methyl sites for hydroxylation is 1. The van der Waals surface area contributed by atoms with Crippen LogP contribution in [0.3, 0.4) is 0 Å². The van der Waals surface area contributed by atoms with Gasteiger partial charge in [0.1, 0.15) is 18.4 Å². The Balaban J connectivity index is 2.07. The molecule has 1 aliphatic heterocycles. The summed E-state index contributed by atoms with van der Waals surface area (Å²) in [5, 5.41) is 17.7. The fourth-order valence-electron chi connectivity index (χ4n) is 3.89. The number of methoxy groups -OCH3 is 1. The molecule has 6 N–H and O–H groups in total. The Hall–Kier alpha value is -3.66. The van der Waals surface area contributed by atoms with Crippen LogP contribution in [0.25, 0.3) is 0 Å². The number of nitrogens with zero attached hydrogens (tertiary/aromatic N) is 6. The molecule has 2 heterocycles. The Labute approximate surface area is 220 Å². The second kappa shape index (κ2) is 14.3. The van der Waals surface area contributed by atoms with Crippen molar-refractivity contribution < 1.29 is 28.7 Å². The molecule has 2 rings (SSSR count). The molecule has 0 aromatic carbocycles. The number of amides is 4.